The van der Waals surface area contributed by atoms with Crippen LogP contribution in [-0.2, 0) is 69.6 Å². The molecule has 5 aromatic rings. The van der Waals surface area contributed by atoms with Gasteiger partial charge in [0.15, 0.2) is 28.2 Å². The molecule has 1 unspecified atom stereocenters. The van der Waals surface area contributed by atoms with E-state index in [-0.39, 0.29) is 74.8 Å². The Hall–Kier alpha value is -8.09. The lowest BCUT2D eigenvalue weighted by Crippen LogP contribution is -2.39. The van der Waals surface area contributed by atoms with E-state index in [1.165, 1.54) is 14.2 Å². The highest BCUT2D eigenvalue weighted by Gasteiger charge is 2.48. The predicted octanol–water partition coefficient (Wildman–Crippen LogP) is 5.89. The predicted molar refractivity (Wildman–Crippen MR) is 292 cm³/mol. The first-order valence-electron chi connectivity index (χ1n) is 26.1. The summed E-state index contributed by atoms with van der Waals surface area (Å²) in [7, 11) is -0.345. The summed E-state index contributed by atoms with van der Waals surface area (Å²) in [6, 6.07) is 27.8. The molecule has 0 aromatic heterocycles. The van der Waals surface area contributed by atoms with Gasteiger partial charge in [0.1, 0.15) is 13.2 Å². The van der Waals surface area contributed by atoms with Crippen LogP contribution in [0.5, 0.6) is 23.0 Å². The van der Waals surface area contributed by atoms with Crippen LogP contribution in [0.25, 0.3) is 0 Å². The zero-order valence-corrected chi connectivity index (χ0v) is 45.1. The second-order valence-corrected chi connectivity index (χ2v) is 21.2. The number of para-hydroxylation sites is 2. The first kappa shape index (κ1) is 55.2. The normalized spacial score (nSPS) is 17.9. The molecule has 3 atom stereocenters. The number of hydrogen-bond acceptors (Lipinski definition) is 18. The zero-order valence-electron chi connectivity index (χ0n) is 44.3. The lowest BCUT2D eigenvalue weighted by molar-refractivity contribution is -0.197. The molecule has 1 saturated heterocycles. The maximum absolute atomic E-state index is 14.2. The van der Waals surface area contributed by atoms with Gasteiger partial charge in [-0.3, -0.25) is 33.6 Å². The van der Waals surface area contributed by atoms with Crippen LogP contribution in [-0.4, -0.2) is 145 Å². The number of carbonyl (C=O) groups excluding carboxylic acids is 5. The number of amides is 4. The van der Waals surface area contributed by atoms with Gasteiger partial charge >= 0.3 is 5.97 Å². The van der Waals surface area contributed by atoms with Crippen LogP contribution in [0.2, 0.25) is 0 Å². The van der Waals surface area contributed by atoms with Crippen molar-refractivity contribution < 1.29 is 74.9 Å². The molecule has 4 amide bonds. The Kier molecular flexibility index (Phi) is 16.6. The number of carbonyl (C=O) groups is 5. The first-order chi connectivity index (χ1) is 38.7. The average Bonchev–Trinajstić information content (AvgIpc) is 4.06. The van der Waals surface area contributed by atoms with Crippen LogP contribution in [0, 0.1) is 0 Å². The fraction of sp³-hybridized carbons (Fsp3) is 0.368. The van der Waals surface area contributed by atoms with Crippen molar-refractivity contribution in [2.75, 3.05) is 94.0 Å². The Labute approximate surface area is 461 Å². The van der Waals surface area contributed by atoms with Crippen LogP contribution in [0.3, 0.4) is 0 Å². The number of anilines is 4. The van der Waals surface area contributed by atoms with E-state index in [1.807, 2.05) is 76.5 Å². The highest BCUT2D eigenvalue weighted by atomic mass is 32.2. The van der Waals surface area contributed by atoms with Gasteiger partial charge in [-0.05, 0) is 77.6 Å². The molecular formula is C57H60N6O16S. The Morgan fingerprint density at radius 1 is 0.713 bits per heavy atom. The number of aliphatic imine (C=N–C) groups is 1. The summed E-state index contributed by atoms with van der Waals surface area (Å²) >= 11 is 0. The standard InChI is InChI=1S/C57H60N6O16S/c1-72-17-18-76-20-19-75-16-15-60(14-8-13-54(65)79-63-53(64)30-52(57(63)68)80(69,70)71)39-22-35(33-77-50-28-44-42(26-48(50)73-2)55(66)61-40(31-58-44)24-37-9-4-6-11-46(37)61)21-36(23-39)34-78-51-29-45-43(27-49(51)74-3)56(67)62-41(32-59-45)25-38-10-5-7-12-47(38)62/h4-7,9-12,21-23,26-29,31,40-41,52,59H,8,13-20,24-25,30,32-34H2,1-3H3,(H,69,70,71)/t40-,41-,52?/m0/s1. The molecule has 5 heterocycles. The molecular weight excluding hydrogens is 1060 g/mol. The van der Waals surface area contributed by atoms with E-state index >= 15 is 0 Å². The molecule has 22 nitrogen and oxygen atoms in total. The van der Waals surface area contributed by atoms with Gasteiger partial charge in [0, 0.05) is 75.0 Å². The third-order valence-electron chi connectivity index (χ3n) is 14.4. The molecule has 5 aliphatic heterocycles. The summed E-state index contributed by atoms with van der Waals surface area (Å²) in [5.41, 5.74) is 7.69. The van der Waals surface area contributed by atoms with E-state index in [9.17, 15) is 36.9 Å². The highest BCUT2D eigenvalue weighted by Crippen LogP contribution is 2.43. The molecule has 5 aromatic carbocycles. The second-order valence-electron chi connectivity index (χ2n) is 19.6. The summed E-state index contributed by atoms with van der Waals surface area (Å²) in [4.78, 5) is 82.0. The van der Waals surface area contributed by atoms with Crippen molar-refractivity contribution in [1.82, 2.24) is 5.06 Å². The topological polar surface area (TPSA) is 251 Å². The van der Waals surface area contributed by atoms with Gasteiger partial charge in [-0.15, -0.1) is 5.06 Å². The smallest absolute Gasteiger partial charge is 0.333 e. The van der Waals surface area contributed by atoms with Crippen molar-refractivity contribution in [1.29, 1.82) is 0 Å². The molecule has 2 N–H and O–H groups in total. The van der Waals surface area contributed by atoms with Gasteiger partial charge in [0.05, 0.1) is 88.3 Å². The average molecular weight is 1120 g/mol. The maximum atomic E-state index is 14.2. The van der Waals surface area contributed by atoms with Gasteiger partial charge in [0.25, 0.3) is 33.7 Å². The highest BCUT2D eigenvalue weighted by molar-refractivity contribution is 7.87. The largest absolute Gasteiger partial charge is 0.493 e. The number of ether oxygens (including phenoxy) is 7. The summed E-state index contributed by atoms with van der Waals surface area (Å²) < 4.78 is 74.3. The van der Waals surface area contributed by atoms with E-state index in [4.69, 9.17) is 43.0 Å². The summed E-state index contributed by atoms with van der Waals surface area (Å²) in [6.45, 7) is 2.63. The van der Waals surface area contributed by atoms with E-state index < -0.39 is 39.6 Å². The number of rotatable bonds is 24. The summed E-state index contributed by atoms with van der Waals surface area (Å²) in [5.74, 6) is -2.43. The third kappa shape index (κ3) is 11.8. The van der Waals surface area contributed by atoms with Crippen LogP contribution in [0.4, 0.5) is 28.4 Å². The minimum atomic E-state index is -4.92. The second kappa shape index (κ2) is 24.1. The number of nitrogens with one attached hydrogen (secondary N) is 1. The number of nitrogens with zero attached hydrogens (tertiary/aromatic N) is 5. The maximum Gasteiger partial charge on any atom is 0.333 e. The van der Waals surface area contributed by atoms with Crippen molar-refractivity contribution in [2.45, 2.75) is 62.7 Å². The number of hydrogen-bond donors (Lipinski definition) is 2. The fourth-order valence-corrected chi connectivity index (χ4v) is 11.2. The molecule has 0 aliphatic carbocycles. The Bertz CT molecular complexity index is 3360. The first-order valence-corrected chi connectivity index (χ1v) is 27.6. The molecule has 0 radical (unpaired) electrons. The quantitative estimate of drug-likeness (QED) is 0.0415. The molecule has 0 spiro atoms. The lowest BCUT2D eigenvalue weighted by atomic mass is 10.1. The molecule has 23 heteroatoms. The monoisotopic (exact) mass is 1120 g/mol. The number of fused-ring (bicyclic) bond motifs is 8. The summed E-state index contributed by atoms with van der Waals surface area (Å²) in [6.07, 6.45) is 2.08. The van der Waals surface area contributed by atoms with Crippen molar-refractivity contribution in [3.63, 3.8) is 0 Å². The SMILES string of the molecule is COCCOCCOCCN(CCCC(=O)ON1C(=O)CC(S(=O)(=O)O)C1=O)c1cc(COc2cc3c(cc2OC)C(=O)N2c4ccccc4C[C@H]2C=N3)cc(COc2cc3c(cc2OC)C(=O)N2c4ccccc4C[C@H]2CN3)c1. The Balaban J connectivity index is 0.924. The molecule has 1 fully saturated rings. The van der Waals surface area contributed by atoms with Crippen molar-refractivity contribution in [3.8, 4) is 23.0 Å². The van der Waals surface area contributed by atoms with E-state index in [0.29, 0.717) is 108 Å². The molecule has 5 aliphatic rings. The minimum Gasteiger partial charge on any atom is -0.493 e. The van der Waals surface area contributed by atoms with E-state index in [1.54, 1.807) is 42.5 Å². The molecule has 80 heavy (non-hydrogen) atoms. The van der Waals surface area contributed by atoms with Gasteiger partial charge in [-0.25, -0.2) is 4.79 Å². The lowest BCUT2D eigenvalue weighted by Gasteiger charge is -2.26. The minimum absolute atomic E-state index is 0.00374. The van der Waals surface area contributed by atoms with Crippen molar-refractivity contribution >= 4 is 74.4 Å². The number of benzene rings is 5. The van der Waals surface area contributed by atoms with Gasteiger partial charge in [-0.2, -0.15) is 8.42 Å². The van der Waals surface area contributed by atoms with E-state index in [0.717, 1.165) is 22.5 Å². The summed E-state index contributed by atoms with van der Waals surface area (Å²) in [5, 5.41) is 1.49. The Morgan fingerprint density at radius 2 is 1.34 bits per heavy atom. The number of hydroxylamine groups is 2. The van der Waals surface area contributed by atoms with Crippen LogP contribution in [0.1, 0.15) is 62.2 Å². The Morgan fingerprint density at radius 3 is 2.01 bits per heavy atom. The van der Waals surface area contributed by atoms with Crippen LogP contribution in [0.15, 0.2) is 96.0 Å². The van der Waals surface area contributed by atoms with E-state index in [2.05, 4.69) is 5.32 Å². The number of imide groups is 1. The molecule has 0 saturated carbocycles. The van der Waals surface area contributed by atoms with Crippen LogP contribution < -0.4 is 39.0 Å². The third-order valence-corrected chi connectivity index (χ3v) is 15.5. The van der Waals surface area contributed by atoms with Crippen molar-refractivity contribution in [3.05, 3.63) is 124 Å². The van der Waals surface area contributed by atoms with Crippen molar-refractivity contribution in [2.24, 2.45) is 4.99 Å². The molecule has 0 bridgehead atoms. The molecule has 420 valence electrons. The van der Waals surface area contributed by atoms with Gasteiger partial charge in [-0.1, -0.05) is 36.4 Å². The van der Waals surface area contributed by atoms with Crippen LogP contribution >= 0.6 is 0 Å². The zero-order chi connectivity index (χ0) is 56.1. The number of methoxy groups -OCH3 is 3. The fourth-order valence-electron chi connectivity index (χ4n) is 10.5. The van der Waals surface area contributed by atoms with Gasteiger partial charge in [0.2, 0.25) is 0 Å². The molecule has 10 rings (SSSR count). The van der Waals surface area contributed by atoms with Gasteiger partial charge < -0.3 is 53.1 Å².